The maximum Gasteiger partial charge on any atom is 0.323 e. The molecule has 1 aromatic rings. The van der Waals surface area contributed by atoms with E-state index in [9.17, 15) is 14.7 Å². The van der Waals surface area contributed by atoms with E-state index in [0.29, 0.717) is 5.69 Å². The van der Waals surface area contributed by atoms with Crippen LogP contribution in [0.4, 0.5) is 5.69 Å². The van der Waals surface area contributed by atoms with Gasteiger partial charge < -0.3 is 15.1 Å². The monoisotopic (exact) mass is 249 g/mol. The summed E-state index contributed by atoms with van der Waals surface area (Å²) in [6.07, 6.45) is 2.67. The van der Waals surface area contributed by atoms with Crippen LogP contribution in [0.15, 0.2) is 24.3 Å². The second kappa shape index (κ2) is 5.08. The third-order valence-corrected chi connectivity index (χ3v) is 3.18. The molecule has 96 valence electrons. The van der Waals surface area contributed by atoms with E-state index < -0.39 is 5.97 Å². The third kappa shape index (κ3) is 2.61. The molecule has 0 radical (unpaired) electrons. The SMILES string of the molecule is O=C(O)CN(C(=O)C1CCC1)c1ccc(O)cc1. The first-order valence-corrected chi connectivity index (χ1v) is 5.90. The molecule has 1 aromatic carbocycles. The minimum absolute atomic E-state index is 0.0573. The molecule has 0 bridgehead atoms. The van der Waals surface area contributed by atoms with Crippen LogP contribution in [-0.4, -0.2) is 28.6 Å². The van der Waals surface area contributed by atoms with Gasteiger partial charge in [-0.2, -0.15) is 0 Å². The lowest BCUT2D eigenvalue weighted by molar-refractivity contribution is -0.137. The Kier molecular flexibility index (Phi) is 3.50. The fourth-order valence-corrected chi connectivity index (χ4v) is 1.94. The van der Waals surface area contributed by atoms with Gasteiger partial charge in [0.2, 0.25) is 5.91 Å². The number of aromatic hydroxyl groups is 1. The minimum Gasteiger partial charge on any atom is -0.508 e. The second-order valence-electron chi connectivity index (χ2n) is 4.46. The molecule has 1 fully saturated rings. The van der Waals surface area contributed by atoms with Gasteiger partial charge in [0.25, 0.3) is 0 Å². The van der Waals surface area contributed by atoms with E-state index in [2.05, 4.69) is 0 Å². The van der Waals surface area contributed by atoms with E-state index in [1.807, 2.05) is 0 Å². The molecule has 0 atom stereocenters. The molecule has 18 heavy (non-hydrogen) atoms. The first-order valence-electron chi connectivity index (χ1n) is 5.90. The Morgan fingerprint density at radius 1 is 1.22 bits per heavy atom. The number of anilines is 1. The van der Waals surface area contributed by atoms with Gasteiger partial charge in [0.1, 0.15) is 12.3 Å². The van der Waals surface area contributed by atoms with Crippen molar-refractivity contribution in [2.45, 2.75) is 19.3 Å². The molecule has 0 heterocycles. The predicted molar refractivity (Wildman–Crippen MR) is 65.4 cm³/mol. The summed E-state index contributed by atoms with van der Waals surface area (Å²) in [5.41, 5.74) is 0.507. The van der Waals surface area contributed by atoms with Crippen molar-refractivity contribution in [1.82, 2.24) is 0 Å². The summed E-state index contributed by atoms with van der Waals surface area (Å²) >= 11 is 0. The van der Waals surface area contributed by atoms with Gasteiger partial charge in [-0.25, -0.2) is 0 Å². The fraction of sp³-hybridized carbons (Fsp3) is 0.385. The van der Waals surface area contributed by atoms with Gasteiger partial charge >= 0.3 is 5.97 Å². The largest absolute Gasteiger partial charge is 0.508 e. The highest BCUT2D eigenvalue weighted by Crippen LogP contribution is 2.30. The highest BCUT2D eigenvalue weighted by molar-refractivity contribution is 5.99. The first-order chi connectivity index (χ1) is 8.58. The zero-order chi connectivity index (χ0) is 13.1. The van der Waals surface area contributed by atoms with Crippen molar-refractivity contribution >= 4 is 17.6 Å². The molecule has 5 heteroatoms. The summed E-state index contributed by atoms with van der Waals surface area (Å²) in [7, 11) is 0. The molecular weight excluding hydrogens is 234 g/mol. The number of rotatable bonds is 4. The van der Waals surface area contributed by atoms with Crippen LogP contribution in [-0.2, 0) is 9.59 Å². The van der Waals surface area contributed by atoms with Gasteiger partial charge in [-0.1, -0.05) is 6.42 Å². The Morgan fingerprint density at radius 3 is 2.28 bits per heavy atom. The predicted octanol–water partition coefficient (Wildman–Crippen LogP) is 1.61. The van der Waals surface area contributed by atoms with Crippen molar-refractivity contribution in [3.63, 3.8) is 0 Å². The number of amides is 1. The second-order valence-corrected chi connectivity index (χ2v) is 4.46. The molecule has 2 rings (SSSR count). The molecule has 2 N–H and O–H groups in total. The van der Waals surface area contributed by atoms with Crippen LogP contribution >= 0.6 is 0 Å². The van der Waals surface area contributed by atoms with E-state index >= 15 is 0 Å². The van der Waals surface area contributed by atoms with Crippen molar-refractivity contribution in [3.8, 4) is 5.75 Å². The van der Waals surface area contributed by atoms with Crippen LogP contribution in [0.1, 0.15) is 19.3 Å². The number of phenolic OH excluding ortho intramolecular Hbond substituents is 1. The quantitative estimate of drug-likeness (QED) is 0.849. The van der Waals surface area contributed by atoms with Crippen LogP contribution in [0.5, 0.6) is 5.75 Å². The van der Waals surface area contributed by atoms with Crippen molar-refractivity contribution < 1.29 is 19.8 Å². The average Bonchev–Trinajstić information content (AvgIpc) is 2.24. The summed E-state index contributed by atoms with van der Waals surface area (Å²) in [5.74, 6) is -1.16. The lowest BCUT2D eigenvalue weighted by Gasteiger charge is -2.30. The number of hydrogen-bond donors (Lipinski definition) is 2. The smallest absolute Gasteiger partial charge is 0.323 e. The molecule has 0 spiro atoms. The molecule has 1 aliphatic rings. The highest BCUT2D eigenvalue weighted by atomic mass is 16.4. The van der Waals surface area contributed by atoms with Crippen molar-refractivity contribution in [3.05, 3.63) is 24.3 Å². The molecule has 0 aromatic heterocycles. The number of carboxylic acid groups (broad SMARTS) is 1. The molecule has 5 nitrogen and oxygen atoms in total. The Labute approximate surface area is 105 Å². The standard InChI is InChI=1S/C13H15NO4/c15-11-6-4-10(5-7-11)14(8-12(16)17)13(18)9-2-1-3-9/h4-7,9,15H,1-3,8H2,(H,16,17). The topological polar surface area (TPSA) is 77.8 Å². The third-order valence-electron chi connectivity index (χ3n) is 3.18. The molecule has 0 saturated heterocycles. The average molecular weight is 249 g/mol. The molecular formula is C13H15NO4. The molecule has 1 amide bonds. The highest BCUT2D eigenvalue weighted by Gasteiger charge is 2.31. The Bertz CT molecular complexity index is 451. The van der Waals surface area contributed by atoms with Crippen LogP contribution in [0.2, 0.25) is 0 Å². The maximum absolute atomic E-state index is 12.1. The van der Waals surface area contributed by atoms with Gasteiger partial charge in [0.05, 0.1) is 0 Å². The fourth-order valence-electron chi connectivity index (χ4n) is 1.94. The molecule has 1 aliphatic carbocycles. The number of carbonyl (C=O) groups excluding carboxylic acids is 1. The van der Waals surface area contributed by atoms with Crippen LogP contribution in [0, 0.1) is 5.92 Å². The number of aliphatic carboxylic acids is 1. The van der Waals surface area contributed by atoms with Gasteiger partial charge in [-0.15, -0.1) is 0 Å². The van der Waals surface area contributed by atoms with Crippen LogP contribution < -0.4 is 4.90 Å². The number of carbonyl (C=O) groups is 2. The van der Waals surface area contributed by atoms with E-state index in [1.54, 1.807) is 12.1 Å². The van der Waals surface area contributed by atoms with Gasteiger partial charge in [-0.05, 0) is 37.1 Å². The van der Waals surface area contributed by atoms with E-state index in [-0.39, 0.29) is 24.1 Å². The van der Waals surface area contributed by atoms with Gasteiger partial charge in [0.15, 0.2) is 0 Å². The summed E-state index contributed by atoms with van der Waals surface area (Å²) in [5, 5.41) is 18.1. The lowest BCUT2D eigenvalue weighted by Crippen LogP contribution is -2.41. The van der Waals surface area contributed by atoms with Crippen LogP contribution in [0.3, 0.4) is 0 Å². The van der Waals surface area contributed by atoms with E-state index in [1.165, 1.54) is 17.0 Å². The summed E-state index contributed by atoms with van der Waals surface area (Å²) in [6, 6.07) is 5.99. The number of carboxylic acids is 1. The maximum atomic E-state index is 12.1. The zero-order valence-corrected chi connectivity index (χ0v) is 9.87. The minimum atomic E-state index is -1.05. The normalized spacial score (nSPS) is 14.9. The molecule has 1 saturated carbocycles. The number of nitrogens with zero attached hydrogens (tertiary/aromatic N) is 1. The van der Waals surface area contributed by atoms with Crippen molar-refractivity contribution in [1.29, 1.82) is 0 Å². The Hall–Kier alpha value is -2.04. The van der Waals surface area contributed by atoms with Crippen molar-refractivity contribution in [2.24, 2.45) is 5.92 Å². The number of benzene rings is 1. The summed E-state index contributed by atoms with van der Waals surface area (Å²) in [6.45, 7) is -0.347. The Morgan fingerprint density at radius 2 is 1.83 bits per heavy atom. The first kappa shape index (κ1) is 12.4. The van der Waals surface area contributed by atoms with E-state index in [0.717, 1.165) is 19.3 Å². The van der Waals surface area contributed by atoms with Crippen LogP contribution in [0.25, 0.3) is 0 Å². The molecule has 0 unspecified atom stereocenters. The number of phenols is 1. The number of hydrogen-bond acceptors (Lipinski definition) is 3. The van der Waals surface area contributed by atoms with Gasteiger partial charge in [0, 0.05) is 11.6 Å². The summed E-state index contributed by atoms with van der Waals surface area (Å²) < 4.78 is 0. The lowest BCUT2D eigenvalue weighted by atomic mass is 9.84. The van der Waals surface area contributed by atoms with E-state index in [4.69, 9.17) is 5.11 Å². The van der Waals surface area contributed by atoms with Gasteiger partial charge in [-0.3, -0.25) is 9.59 Å². The molecule has 0 aliphatic heterocycles. The Balaban J connectivity index is 2.20. The zero-order valence-electron chi connectivity index (χ0n) is 9.87. The summed E-state index contributed by atoms with van der Waals surface area (Å²) in [4.78, 5) is 24.3. The van der Waals surface area contributed by atoms with Crippen molar-refractivity contribution in [2.75, 3.05) is 11.4 Å².